The summed E-state index contributed by atoms with van der Waals surface area (Å²) < 4.78 is 0. The van der Waals surface area contributed by atoms with Gasteiger partial charge in [0.1, 0.15) is 5.82 Å². The van der Waals surface area contributed by atoms with Crippen LogP contribution >= 0.6 is 11.8 Å². The predicted octanol–water partition coefficient (Wildman–Crippen LogP) is 2.50. The van der Waals surface area contributed by atoms with Crippen molar-refractivity contribution in [3.8, 4) is 0 Å². The molecule has 126 valence electrons. The summed E-state index contributed by atoms with van der Waals surface area (Å²) in [6, 6.07) is 4.13. The molecule has 1 saturated heterocycles. The highest BCUT2D eigenvalue weighted by molar-refractivity contribution is 7.98. The Hall–Kier alpha value is -1.89. The van der Waals surface area contributed by atoms with Crippen LogP contribution in [-0.4, -0.2) is 52.4 Å². The Bertz CT molecular complexity index is 725. The van der Waals surface area contributed by atoms with E-state index in [0.29, 0.717) is 5.92 Å². The smallest absolute Gasteiger partial charge is 0.225 e. The summed E-state index contributed by atoms with van der Waals surface area (Å²) in [5, 5.41) is 0.888. The molecule has 2 aromatic rings. The lowest BCUT2D eigenvalue weighted by molar-refractivity contribution is 0.629. The first kappa shape index (κ1) is 15.6. The highest BCUT2D eigenvalue weighted by atomic mass is 32.2. The molecule has 3 heterocycles. The highest BCUT2D eigenvalue weighted by Gasteiger charge is 2.27. The van der Waals surface area contributed by atoms with Crippen LogP contribution in [0.25, 0.3) is 0 Å². The Labute approximate surface area is 146 Å². The summed E-state index contributed by atoms with van der Waals surface area (Å²) >= 11 is 1.63. The lowest BCUT2D eigenvalue weighted by Crippen LogP contribution is -2.47. The molecule has 0 bridgehead atoms. The summed E-state index contributed by atoms with van der Waals surface area (Å²) in [6.07, 6.45) is 6.41. The minimum absolute atomic E-state index is 0.652. The van der Waals surface area contributed by atoms with Crippen molar-refractivity contribution in [2.24, 2.45) is 0 Å². The predicted molar refractivity (Wildman–Crippen MR) is 97.0 cm³/mol. The van der Waals surface area contributed by atoms with Crippen molar-refractivity contribution in [3.05, 3.63) is 29.7 Å². The number of hydrogen-bond acceptors (Lipinski definition) is 7. The molecule has 2 aliphatic rings. The van der Waals surface area contributed by atoms with Gasteiger partial charge in [-0.05, 0) is 32.1 Å². The van der Waals surface area contributed by atoms with Crippen molar-refractivity contribution in [3.63, 3.8) is 0 Å². The Morgan fingerprint density at radius 2 is 1.79 bits per heavy atom. The molecule has 0 atom stereocenters. The largest absolute Gasteiger partial charge is 0.353 e. The molecule has 7 heteroatoms. The molecule has 1 saturated carbocycles. The molecule has 1 aliphatic heterocycles. The molecule has 2 fully saturated rings. The van der Waals surface area contributed by atoms with Crippen molar-refractivity contribution in [2.45, 2.75) is 30.8 Å². The molecule has 0 amide bonds. The topological polar surface area (TPSA) is 58.0 Å². The first-order chi connectivity index (χ1) is 11.7. The molecule has 4 rings (SSSR count). The van der Waals surface area contributed by atoms with Crippen molar-refractivity contribution >= 4 is 23.5 Å². The molecule has 0 N–H and O–H groups in total. The Morgan fingerprint density at radius 3 is 2.46 bits per heavy atom. The average Bonchev–Trinajstić information content (AvgIpc) is 3.47. The van der Waals surface area contributed by atoms with Gasteiger partial charge < -0.3 is 9.80 Å². The van der Waals surface area contributed by atoms with Gasteiger partial charge in [-0.15, -0.1) is 0 Å². The van der Waals surface area contributed by atoms with E-state index in [0.717, 1.165) is 48.8 Å². The second-order valence-corrected chi connectivity index (χ2v) is 7.16. The molecule has 1 aliphatic carbocycles. The first-order valence-electron chi connectivity index (χ1n) is 8.45. The summed E-state index contributed by atoms with van der Waals surface area (Å²) in [5.41, 5.74) is 2.23. The van der Waals surface area contributed by atoms with E-state index in [2.05, 4.69) is 30.8 Å². The van der Waals surface area contributed by atoms with Crippen molar-refractivity contribution in [1.29, 1.82) is 0 Å². The third-order valence-electron chi connectivity index (χ3n) is 4.56. The molecule has 24 heavy (non-hydrogen) atoms. The van der Waals surface area contributed by atoms with E-state index >= 15 is 0 Å². The number of nitrogens with zero attached hydrogens (tertiary/aromatic N) is 6. The maximum absolute atomic E-state index is 4.73. The number of anilines is 2. The second-order valence-electron chi connectivity index (χ2n) is 6.38. The molecule has 0 spiro atoms. The number of aromatic nitrogens is 4. The van der Waals surface area contributed by atoms with Gasteiger partial charge in [-0.1, -0.05) is 11.8 Å². The van der Waals surface area contributed by atoms with Crippen LogP contribution in [0.3, 0.4) is 0 Å². The Kier molecular flexibility index (Phi) is 4.26. The van der Waals surface area contributed by atoms with Gasteiger partial charge in [0.05, 0.1) is 5.69 Å². The van der Waals surface area contributed by atoms with Gasteiger partial charge in [-0.3, -0.25) is 0 Å². The quantitative estimate of drug-likeness (QED) is 0.625. The van der Waals surface area contributed by atoms with Crippen LogP contribution in [0.1, 0.15) is 30.1 Å². The zero-order valence-corrected chi connectivity index (χ0v) is 15.0. The molecule has 2 aromatic heterocycles. The third-order valence-corrected chi connectivity index (χ3v) is 5.11. The summed E-state index contributed by atoms with van der Waals surface area (Å²) in [6.45, 7) is 5.71. The van der Waals surface area contributed by atoms with Gasteiger partial charge >= 0.3 is 0 Å². The molecule has 0 aromatic carbocycles. The van der Waals surface area contributed by atoms with Gasteiger partial charge in [0, 0.05) is 50.1 Å². The molecular weight excluding hydrogens is 320 g/mol. The van der Waals surface area contributed by atoms with E-state index in [9.17, 15) is 0 Å². The van der Waals surface area contributed by atoms with Crippen molar-refractivity contribution in [2.75, 3.05) is 42.2 Å². The van der Waals surface area contributed by atoms with Crippen LogP contribution in [0.4, 0.5) is 11.8 Å². The standard InChI is InChI=1S/C17H22N6S/c1-12-5-6-18-16(19-12)23-9-7-22(8-10-23)15-11-14(13-3-4-13)20-17(21-15)24-2/h5-6,11,13H,3-4,7-10H2,1-2H3. The summed E-state index contributed by atoms with van der Waals surface area (Å²) in [5.74, 6) is 2.56. The van der Waals surface area contributed by atoms with Crippen LogP contribution in [0, 0.1) is 6.92 Å². The van der Waals surface area contributed by atoms with Crippen LogP contribution < -0.4 is 9.80 Å². The maximum Gasteiger partial charge on any atom is 0.225 e. The van der Waals surface area contributed by atoms with E-state index in [-0.39, 0.29) is 0 Å². The van der Waals surface area contributed by atoms with Crippen LogP contribution in [0.2, 0.25) is 0 Å². The van der Waals surface area contributed by atoms with Crippen molar-refractivity contribution < 1.29 is 0 Å². The van der Waals surface area contributed by atoms with Crippen LogP contribution in [0.15, 0.2) is 23.5 Å². The third kappa shape index (κ3) is 3.31. The van der Waals surface area contributed by atoms with E-state index in [1.807, 2.05) is 25.4 Å². The first-order valence-corrected chi connectivity index (χ1v) is 9.68. The normalized spacial score (nSPS) is 18.1. The molecule has 0 radical (unpaired) electrons. The van der Waals surface area contributed by atoms with Crippen LogP contribution in [0.5, 0.6) is 0 Å². The molecular formula is C17H22N6S. The lowest BCUT2D eigenvalue weighted by Gasteiger charge is -2.35. The fourth-order valence-corrected chi connectivity index (χ4v) is 3.38. The van der Waals surface area contributed by atoms with E-state index in [4.69, 9.17) is 4.98 Å². The maximum atomic E-state index is 4.73. The fraction of sp³-hybridized carbons (Fsp3) is 0.529. The van der Waals surface area contributed by atoms with Gasteiger partial charge in [-0.25, -0.2) is 19.9 Å². The zero-order valence-electron chi connectivity index (χ0n) is 14.1. The average molecular weight is 342 g/mol. The van der Waals surface area contributed by atoms with E-state index in [1.54, 1.807) is 11.8 Å². The van der Waals surface area contributed by atoms with E-state index in [1.165, 1.54) is 18.5 Å². The number of rotatable bonds is 4. The second kappa shape index (κ2) is 6.55. The fourth-order valence-electron chi connectivity index (χ4n) is 3.00. The minimum atomic E-state index is 0.652. The van der Waals surface area contributed by atoms with Gasteiger partial charge in [-0.2, -0.15) is 0 Å². The zero-order chi connectivity index (χ0) is 16.5. The Morgan fingerprint density at radius 1 is 1.04 bits per heavy atom. The number of hydrogen-bond donors (Lipinski definition) is 0. The number of piperazine rings is 1. The lowest BCUT2D eigenvalue weighted by atomic mass is 10.2. The SMILES string of the molecule is CSc1nc(C2CC2)cc(N2CCN(c3nccc(C)n3)CC2)n1. The van der Waals surface area contributed by atoms with Crippen LogP contribution in [-0.2, 0) is 0 Å². The van der Waals surface area contributed by atoms with Gasteiger partial charge in [0.25, 0.3) is 0 Å². The molecule has 6 nitrogen and oxygen atoms in total. The van der Waals surface area contributed by atoms with Crippen molar-refractivity contribution in [1.82, 2.24) is 19.9 Å². The Balaban J connectivity index is 1.48. The molecule has 0 unspecified atom stereocenters. The minimum Gasteiger partial charge on any atom is -0.353 e. The number of aryl methyl sites for hydroxylation is 1. The monoisotopic (exact) mass is 342 g/mol. The summed E-state index contributed by atoms with van der Waals surface area (Å²) in [7, 11) is 0. The number of thioether (sulfide) groups is 1. The van der Waals surface area contributed by atoms with Gasteiger partial charge in [0.2, 0.25) is 5.95 Å². The highest BCUT2D eigenvalue weighted by Crippen LogP contribution is 2.40. The van der Waals surface area contributed by atoms with Gasteiger partial charge in [0.15, 0.2) is 5.16 Å². The summed E-state index contributed by atoms with van der Waals surface area (Å²) in [4.78, 5) is 23.0. The van der Waals surface area contributed by atoms with E-state index < -0.39 is 0 Å².